The summed E-state index contributed by atoms with van der Waals surface area (Å²) in [6.45, 7) is 5.07. The third-order valence-corrected chi connectivity index (χ3v) is 2.89. The Morgan fingerprint density at radius 1 is 1.40 bits per heavy atom. The van der Waals surface area contributed by atoms with Gasteiger partial charge in [-0.15, -0.1) is 0 Å². The van der Waals surface area contributed by atoms with Crippen molar-refractivity contribution in [1.29, 1.82) is 0 Å². The minimum atomic E-state index is 0.0986. The van der Waals surface area contributed by atoms with Crippen LogP contribution in [0, 0.1) is 0 Å². The Labute approximate surface area is 66.7 Å². The summed E-state index contributed by atoms with van der Waals surface area (Å²) in [5.41, 5.74) is 5.47. The fourth-order valence-electron chi connectivity index (χ4n) is 0.797. The lowest BCUT2D eigenvalue weighted by molar-refractivity contribution is 0.110. The molecule has 0 fully saturated rings. The molecule has 0 rings (SSSR count). The molecule has 0 aromatic carbocycles. The predicted octanol–water partition coefficient (Wildman–Crippen LogP) is 0.191. The quantitative estimate of drug-likeness (QED) is 0.461. The molecule has 0 aliphatic carbocycles. The summed E-state index contributed by atoms with van der Waals surface area (Å²) in [4.78, 5) is 0. The van der Waals surface area contributed by atoms with Crippen molar-refractivity contribution in [2.75, 3.05) is 6.54 Å². The van der Waals surface area contributed by atoms with Gasteiger partial charge in [0.15, 0.2) is 0 Å². The predicted molar refractivity (Wildman–Crippen MR) is 48.0 cm³/mol. The van der Waals surface area contributed by atoms with E-state index < -0.39 is 0 Å². The average molecular weight is 161 g/mol. The van der Waals surface area contributed by atoms with Crippen LogP contribution in [0.4, 0.5) is 0 Å². The topological polar surface area (TPSA) is 35.2 Å². The smallest absolute Gasteiger partial charge is 0.146 e. The van der Waals surface area contributed by atoms with Crippen molar-refractivity contribution in [3.8, 4) is 0 Å². The Morgan fingerprint density at radius 3 is 2.40 bits per heavy atom. The van der Waals surface area contributed by atoms with Gasteiger partial charge in [0.2, 0.25) is 0 Å². The van der Waals surface area contributed by atoms with Gasteiger partial charge in [0.05, 0.1) is 0 Å². The number of nitrogens with two attached hydrogens (primary N) is 1. The van der Waals surface area contributed by atoms with E-state index in [4.69, 9.17) is 10.2 Å². The molecule has 0 aromatic rings. The van der Waals surface area contributed by atoms with Crippen LogP contribution in [0.15, 0.2) is 0 Å². The van der Waals surface area contributed by atoms with Gasteiger partial charge in [0, 0.05) is 5.60 Å². The molecule has 0 saturated heterocycles. The molecule has 0 spiro atoms. The first kappa shape index (κ1) is 10.1. The maximum absolute atomic E-state index is 5.38. The molecule has 0 aliphatic heterocycles. The minimum Gasteiger partial charge on any atom is -0.423 e. The summed E-state index contributed by atoms with van der Waals surface area (Å²) in [6.07, 6.45) is 3.44. The van der Waals surface area contributed by atoms with Crippen LogP contribution in [-0.2, 0) is 4.43 Å². The van der Waals surface area contributed by atoms with Crippen LogP contribution in [0.5, 0.6) is 0 Å². The Hall–Kier alpha value is 0.137. The van der Waals surface area contributed by atoms with Crippen molar-refractivity contribution in [1.82, 2.24) is 0 Å². The third-order valence-electron chi connectivity index (χ3n) is 1.79. The summed E-state index contributed by atoms with van der Waals surface area (Å²) < 4.78 is 5.38. The highest BCUT2D eigenvalue weighted by atomic mass is 28.2. The van der Waals surface area contributed by atoms with E-state index in [2.05, 4.69) is 13.8 Å². The summed E-state index contributed by atoms with van der Waals surface area (Å²) >= 11 is 0. The first-order valence-electron chi connectivity index (χ1n) is 3.87. The van der Waals surface area contributed by atoms with Gasteiger partial charge < -0.3 is 10.2 Å². The number of unbranched alkanes of at least 4 members (excludes halogenated alkanes) is 1. The van der Waals surface area contributed by atoms with Gasteiger partial charge in [-0.2, -0.15) is 0 Å². The molecule has 0 atom stereocenters. The second-order valence-corrected chi connectivity index (χ2v) is 3.62. The van der Waals surface area contributed by atoms with Crippen LogP contribution in [0.3, 0.4) is 0 Å². The number of hydrogen-bond donors (Lipinski definition) is 1. The fraction of sp³-hybridized carbons (Fsp3) is 1.00. The molecule has 0 radical (unpaired) electrons. The van der Waals surface area contributed by atoms with Crippen LogP contribution in [-0.4, -0.2) is 22.6 Å². The Balaban J connectivity index is 3.28. The highest BCUT2D eigenvalue weighted by Gasteiger charge is 2.13. The number of rotatable bonds is 5. The van der Waals surface area contributed by atoms with Gasteiger partial charge in [-0.1, -0.05) is 0 Å². The van der Waals surface area contributed by atoms with E-state index in [1.807, 2.05) is 0 Å². The van der Waals surface area contributed by atoms with Gasteiger partial charge in [-0.3, -0.25) is 0 Å². The van der Waals surface area contributed by atoms with E-state index in [9.17, 15) is 0 Å². The highest BCUT2D eigenvalue weighted by molar-refractivity contribution is 5.98. The van der Waals surface area contributed by atoms with Crippen LogP contribution >= 0.6 is 0 Å². The molecule has 3 heteroatoms. The van der Waals surface area contributed by atoms with Crippen molar-refractivity contribution < 1.29 is 4.43 Å². The first-order chi connectivity index (χ1) is 4.62. The molecule has 2 N–H and O–H groups in total. The molecule has 0 saturated carbocycles. The minimum absolute atomic E-state index is 0.0986. The summed E-state index contributed by atoms with van der Waals surface area (Å²) in [6, 6.07) is 0. The monoisotopic (exact) mass is 161 g/mol. The third kappa shape index (κ3) is 4.96. The first-order valence-corrected chi connectivity index (χ1v) is 4.69. The molecule has 0 heterocycles. The Kier molecular flexibility index (Phi) is 4.94. The van der Waals surface area contributed by atoms with Crippen LogP contribution in [0.2, 0.25) is 0 Å². The van der Waals surface area contributed by atoms with Crippen molar-refractivity contribution in [3.63, 3.8) is 0 Å². The van der Waals surface area contributed by atoms with E-state index in [1.54, 1.807) is 0 Å². The zero-order valence-electron chi connectivity index (χ0n) is 7.31. The highest BCUT2D eigenvalue weighted by Crippen LogP contribution is 2.15. The Morgan fingerprint density at radius 2 is 2.00 bits per heavy atom. The molecule has 2 nitrogen and oxygen atoms in total. The Bertz CT molecular complexity index is 85.7. The SMILES string of the molecule is CC(C)(CCCCN)O[SiH3]. The lowest BCUT2D eigenvalue weighted by Crippen LogP contribution is -2.23. The maximum atomic E-state index is 5.38. The van der Waals surface area contributed by atoms with Gasteiger partial charge in [-0.05, 0) is 39.7 Å². The molecule has 0 amide bonds. The lowest BCUT2D eigenvalue weighted by Gasteiger charge is -2.23. The normalized spacial score (nSPS) is 12.3. The van der Waals surface area contributed by atoms with Crippen LogP contribution in [0.1, 0.15) is 33.1 Å². The van der Waals surface area contributed by atoms with Gasteiger partial charge in [0.1, 0.15) is 10.5 Å². The van der Waals surface area contributed by atoms with Gasteiger partial charge in [0.25, 0.3) is 0 Å². The van der Waals surface area contributed by atoms with E-state index in [0.29, 0.717) is 0 Å². The molecule has 62 valence electrons. The zero-order valence-corrected chi connectivity index (χ0v) is 9.31. The van der Waals surface area contributed by atoms with Gasteiger partial charge >= 0.3 is 0 Å². The summed E-state index contributed by atoms with van der Waals surface area (Å²) in [5, 5.41) is 0. The second kappa shape index (κ2) is 4.88. The average Bonchev–Trinajstić information content (AvgIpc) is 1.89. The molecular formula is C7H19NOSi. The largest absolute Gasteiger partial charge is 0.423 e. The summed E-state index contributed by atoms with van der Waals surface area (Å²) in [7, 11) is 0.834. The van der Waals surface area contributed by atoms with Crippen molar-refractivity contribution in [2.45, 2.75) is 38.7 Å². The molecule has 0 aliphatic rings. The standard InChI is InChI=1S/C7H19NOSi/c1-7(2,9-10)5-3-4-6-8/h3-6,8H2,1-2,10H3. The molecular weight excluding hydrogens is 142 g/mol. The zero-order chi connectivity index (χ0) is 8.04. The molecule has 0 bridgehead atoms. The van der Waals surface area contributed by atoms with Gasteiger partial charge in [-0.25, -0.2) is 0 Å². The molecule has 10 heavy (non-hydrogen) atoms. The van der Waals surface area contributed by atoms with Crippen molar-refractivity contribution in [2.24, 2.45) is 5.73 Å². The van der Waals surface area contributed by atoms with E-state index >= 15 is 0 Å². The van der Waals surface area contributed by atoms with Crippen LogP contribution in [0.25, 0.3) is 0 Å². The fourth-order valence-corrected chi connectivity index (χ4v) is 1.00. The number of hydrogen-bond acceptors (Lipinski definition) is 2. The molecule has 0 unspecified atom stereocenters. The van der Waals surface area contributed by atoms with Crippen molar-refractivity contribution in [3.05, 3.63) is 0 Å². The summed E-state index contributed by atoms with van der Waals surface area (Å²) in [5.74, 6) is 0. The van der Waals surface area contributed by atoms with Crippen molar-refractivity contribution >= 4 is 10.5 Å². The van der Waals surface area contributed by atoms with Crippen LogP contribution < -0.4 is 5.73 Å². The second-order valence-electron chi connectivity index (χ2n) is 3.21. The van der Waals surface area contributed by atoms with E-state index in [0.717, 1.165) is 29.9 Å². The van der Waals surface area contributed by atoms with E-state index in [-0.39, 0.29) is 5.60 Å². The maximum Gasteiger partial charge on any atom is 0.146 e. The lowest BCUT2D eigenvalue weighted by atomic mass is 10.0. The molecule has 0 aromatic heterocycles. The van der Waals surface area contributed by atoms with E-state index in [1.165, 1.54) is 6.42 Å².